The van der Waals surface area contributed by atoms with Crippen LogP contribution >= 0.6 is 0 Å². The molecule has 0 unspecified atom stereocenters. The predicted molar refractivity (Wildman–Crippen MR) is 74.9 cm³/mol. The molecule has 0 saturated heterocycles. The summed E-state index contributed by atoms with van der Waals surface area (Å²) in [5, 5.41) is 2.87. The number of hydrogen-bond donors (Lipinski definition) is 1. The SMILES string of the molecule is CCOCC(=O)NC[C@](CC)(OC)c1ccccc1. The van der Waals surface area contributed by atoms with E-state index in [1.807, 2.05) is 44.2 Å². The second-order valence-corrected chi connectivity index (χ2v) is 4.33. The van der Waals surface area contributed by atoms with Gasteiger partial charge in [-0.1, -0.05) is 37.3 Å². The second kappa shape index (κ2) is 7.92. The van der Waals surface area contributed by atoms with E-state index in [9.17, 15) is 4.79 Å². The van der Waals surface area contributed by atoms with E-state index in [2.05, 4.69) is 5.32 Å². The number of benzene rings is 1. The van der Waals surface area contributed by atoms with Crippen LogP contribution in [0.15, 0.2) is 30.3 Å². The zero-order chi connectivity index (χ0) is 14.1. The molecule has 0 aliphatic heterocycles. The lowest BCUT2D eigenvalue weighted by molar-refractivity contribution is -0.127. The Morgan fingerprint density at radius 3 is 2.47 bits per heavy atom. The lowest BCUT2D eigenvalue weighted by atomic mass is 9.90. The molecule has 0 bridgehead atoms. The van der Waals surface area contributed by atoms with E-state index in [-0.39, 0.29) is 12.5 Å². The molecular weight excluding hydrogens is 242 g/mol. The number of amides is 1. The van der Waals surface area contributed by atoms with Gasteiger partial charge in [0.25, 0.3) is 0 Å². The highest BCUT2D eigenvalue weighted by atomic mass is 16.5. The maximum atomic E-state index is 11.6. The molecule has 4 nitrogen and oxygen atoms in total. The van der Waals surface area contributed by atoms with Crippen molar-refractivity contribution in [2.75, 3.05) is 26.9 Å². The van der Waals surface area contributed by atoms with Crippen LogP contribution in [-0.4, -0.2) is 32.8 Å². The van der Waals surface area contributed by atoms with Gasteiger partial charge >= 0.3 is 0 Å². The molecular formula is C15H23NO3. The van der Waals surface area contributed by atoms with Gasteiger partial charge in [0.05, 0.1) is 6.54 Å². The van der Waals surface area contributed by atoms with Gasteiger partial charge in [-0.15, -0.1) is 0 Å². The van der Waals surface area contributed by atoms with Crippen molar-refractivity contribution in [1.29, 1.82) is 0 Å². The highest BCUT2D eigenvalue weighted by Crippen LogP contribution is 2.27. The van der Waals surface area contributed by atoms with Crippen molar-refractivity contribution in [3.8, 4) is 0 Å². The summed E-state index contributed by atoms with van der Waals surface area (Å²) in [7, 11) is 1.67. The van der Waals surface area contributed by atoms with Crippen molar-refractivity contribution in [3.05, 3.63) is 35.9 Å². The molecule has 0 heterocycles. The van der Waals surface area contributed by atoms with Crippen LogP contribution in [0, 0.1) is 0 Å². The van der Waals surface area contributed by atoms with Crippen LogP contribution in [0.2, 0.25) is 0 Å². The molecule has 0 saturated carbocycles. The van der Waals surface area contributed by atoms with Gasteiger partial charge in [-0.25, -0.2) is 0 Å². The first-order chi connectivity index (χ1) is 9.18. The van der Waals surface area contributed by atoms with Gasteiger partial charge in [-0.2, -0.15) is 0 Å². The van der Waals surface area contributed by atoms with Gasteiger partial charge in [0.1, 0.15) is 12.2 Å². The number of nitrogens with one attached hydrogen (secondary N) is 1. The molecule has 0 aromatic heterocycles. The van der Waals surface area contributed by atoms with Crippen LogP contribution in [0.5, 0.6) is 0 Å². The Balaban J connectivity index is 2.70. The standard InChI is InChI=1S/C15H23NO3/c1-4-15(18-3,13-9-7-6-8-10-13)12-16-14(17)11-19-5-2/h6-10H,4-5,11-12H2,1-3H3,(H,16,17)/t15-/m0/s1. The zero-order valence-corrected chi connectivity index (χ0v) is 11.9. The number of ether oxygens (including phenoxy) is 2. The molecule has 1 rings (SSSR count). The Bertz CT molecular complexity index is 374. The summed E-state index contributed by atoms with van der Waals surface area (Å²) in [6.07, 6.45) is 0.780. The van der Waals surface area contributed by atoms with Crippen LogP contribution < -0.4 is 5.32 Å². The number of hydrogen-bond acceptors (Lipinski definition) is 3. The minimum Gasteiger partial charge on any atom is -0.372 e. The van der Waals surface area contributed by atoms with Gasteiger partial charge in [0.2, 0.25) is 5.91 Å². The summed E-state index contributed by atoms with van der Waals surface area (Å²) in [5.74, 6) is -0.118. The molecule has 19 heavy (non-hydrogen) atoms. The average molecular weight is 265 g/mol. The molecule has 0 aliphatic rings. The molecule has 106 valence electrons. The topological polar surface area (TPSA) is 47.6 Å². The molecule has 1 amide bonds. The van der Waals surface area contributed by atoms with Crippen molar-refractivity contribution in [3.63, 3.8) is 0 Å². The van der Waals surface area contributed by atoms with Crippen LogP contribution in [0.25, 0.3) is 0 Å². The van der Waals surface area contributed by atoms with Crippen LogP contribution in [0.3, 0.4) is 0 Å². The molecule has 0 radical (unpaired) electrons. The summed E-state index contributed by atoms with van der Waals surface area (Å²) in [6.45, 7) is 4.98. The van der Waals surface area contributed by atoms with Crippen LogP contribution in [-0.2, 0) is 19.9 Å². The summed E-state index contributed by atoms with van der Waals surface area (Å²) < 4.78 is 10.8. The minimum absolute atomic E-state index is 0.0921. The first kappa shape index (κ1) is 15.7. The Labute approximate surface area is 115 Å². The average Bonchev–Trinajstić information content (AvgIpc) is 2.48. The highest BCUT2D eigenvalue weighted by Gasteiger charge is 2.30. The zero-order valence-electron chi connectivity index (χ0n) is 11.9. The molecule has 4 heteroatoms. The first-order valence-corrected chi connectivity index (χ1v) is 6.63. The third-order valence-electron chi connectivity index (χ3n) is 3.27. The van der Waals surface area contributed by atoms with Crippen molar-refractivity contribution < 1.29 is 14.3 Å². The molecule has 1 N–H and O–H groups in total. The third-order valence-corrected chi connectivity index (χ3v) is 3.27. The highest BCUT2D eigenvalue weighted by molar-refractivity contribution is 5.77. The van der Waals surface area contributed by atoms with Gasteiger partial charge < -0.3 is 14.8 Å². The quantitative estimate of drug-likeness (QED) is 0.783. The van der Waals surface area contributed by atoms with Crippen molar-refractivity contribution in [2.24, 2.45) is 0 Å². The largest absolute Gasteiger partial charge is 0.372 e. The maximum Gasteiger partial charge on any atom is 0.246 e. The Morgan fingerprint density at radius 2 is 1.95 bits per heavy atom. The first-order valence-electron chi connectivity index (χ1n) is 6.63. The summed E-state index contributed by atoms with van der Waals surface area (Å²) in [6, 6.07) is 9.94. The summed E-state index contributed by atoms with van der Waals surface area (Å²) in [5.41, 5.74) is 0.583. The summed E-state index contributed by atoms with van der Waals surface area (Å²) in [4.78, 5) is 11.6. The van der Waals surface area contributed by atoms with Crippen LogP contribution in [0.1, 0.15) is 25.8 Å². The lowest BCUT2D eigenvalue weighted by Crippen LogP contribution is -2.43. The predicted octanol–water partition coefficient (Wildman–Crippen LogP) is 2.09. The monoisotopic (exact) mass is 265 g/mol. The fourth-order valence-electron chi connectivity index (χ4n) is 1.99. The van der Waals surface area contributed by atoms with E-state index in [4.69, 9.17) is 9.47 Å². The van der Waals surface area contributed by atoms with E-state index in [1.165, 1.54) is 0 Å². The Morgan fingerprint density at radius 1 is 1.26 bits per heavy atom. The minimum atomic E-state index is -0.483. The van der Waals surface area contributed by atoms with Gasteiger partial charge in [-0.3, -0.25) is 4.79 Å². The molecule has 1 aromatic carbocycles. The number of carbonyl (C=O) groups is 1. The Hall–Kier alpha value is -1.39. The van der Waals surface area contributed by atoms with Gasteiger partial charge in [0, 0.05) is 13.7 Å². The van der Waals surface area contributed by atoms with Gasteiger partial charge in [-0.05, 0) is 18.9 Å². The van der Waals surface area contributed by atoms with E-state index in [0.29, 0.717) is 13.2 Å². The van der Waals surface area contributed by atoms with Crippen molar-refractivity contribution >= 4 is 5.91 Å². The fourth-order valence-corrected chi connectivity index (χ4v) is 1.99. The van der Waals surface area contributed by atoms with E-state index in [1.54, 1.807) is 7.11 Å². The van der Waals surface area contributed by atoms with Gasteiger partial charge in [0.15, 0.2) is 0 Å². The molecule has 0 aliphatic carbocycles. The van der Waals surface area contributed by atoms with Crippen molar-refractivity contribution in [1.82, 2.24) is 5.32 Å². The smallest absolute Gasteiger partial charge is 0.246 e. The fraction of sp³-hybridized carbons (Fsp3) is 0.533. The van der Waals surface area contributed by atoms with E-state index >= 15 is 0 Å². The number of methoxy groups -OCH3 is 1. The van der Waals surface area contributed by atoms with E-state index < -0.39 is 5.60 Å². The van der Waals surface area contributed by atoms with Crippen LogP contribution in [0.4, 0.5) is 0 Å². The number of rotatable bonds is 8. The van der Waals surface area contributed by atoms with Crippen molar-refractivity contribution in [2.45, 2.75) is 25.9 Å². The molecule has 1 aromatic rings. The molecule has 1 atom stereocenters. The third kappa shape index (κ3) is 4.33. The molecule has 0 fully saturated rings. The second-order valence-electron chi connectivity index (χ2n) is 4.33. The molecule has 0 spiro atoms. The maximum absolute atomic E-state index is 11.6. The summed E-state index contributed by atoms with van der Waals surface area (Å²) >= 11 is 0. The lowest BCUT2D eigenvalue weighted by Gasteiger charge is -2.32. The number of carbonyl (C=O) groups excluding carboxylic acids is 1. The van der Waals surface area contributed by atoms with E-state index in [0.717, 1.165) is 12.0 Å². The normalized spacial score (nSPS) is 13.8. The Kier molecular flexibility index (Phi) is 6.53.